The Bertz CT molecular complexity index is 1100. The Kier molecular flexibility index (Phi) is 8.27. The molecule has 1 aliphatic rings. The second kappa shape index (κ2) is 11.0. The summed E-state index contributed by atoms with van der Waals surface area (Å²) < 4.78 is 44.5. The van der Waals surface area contributed by atoms with Crippen molar-refractivity contribution in [3.63, 3.8) is 0 Å². The molecular weight excluding hydrogens is 460 g/mol. The second-order valence-electron chi connectivity index (χ2n) is 7.77. The Labute approximate surface area is 200 Å². The first-order valence-corrected chi connectivity index (χ1v) is 12.8. The van der Waals surface area contributed by atoms with Crippen LogP contribution in [0.2, 0.25) is 0 Å². The maximum Gasteiger partial charge on any atom is 0.254 e. The fraction of sp³-hybridized carbons (Fsp3) is 0.458. The van der Waals surface area contributed by atoms with E-state index in [0.717, 1.165) is 5.56 Å². The lowest BCUT2D eigenvalue weighted by molar-refractivity contribution is 0.0696. The highest BCUT2D eigenvalue weighted by atomic mass is 32.2. The van der Waals surface area contributed by atoms with Crippen LogP contribution in [0.4, 0.5) is 0 Å². The molecule has 9 nitrogen and oxygen atoms in total. The molecule has 1 fully saturated rings. The molecule has 1 heterocycles. The molecule has 0 spiro atoms. The summed E-state index contributed by atoms with van der Waals surface area (Å²) in [6.07, 6.45) is 0. The standard InChI is InChI=1S/C24H32N2O7S/c1-5-31-20-15-18(16-21(32-6-2)23(20)33-7-3)24(28)25-10-12-26(13-11-25)34(29,30)22-14-17(4)8-9-19(22)27/h8-9,14-16,27H,5-7,10-13H2,1-4H3. The first kappa shape index (κ1) is 25.6. The second-order valence-corrected chi connectivity index (χ2v) is 9.67. The van der Waals surface area contributed by atoms with Gasteiger partial charge in [0, 0.05) is 31.7 Å². The molecule has 34 heavy (non-hydrogen) atoms. The van der Waals surface area contributed by atoms with Crippen molar-refractivity contribution in [2.45, 2.75) is 32.6 Å². The minimum absolute atomic E-state index is 0.120. The number of hydrogen-bond acceptors (Lipinski definition) is 7. The van der Waals surface area contributed by atoms with Crippen LogP contribution < -0.4 is 14.2 Å². The van der Waals surface area contributed by atoms with Gasteiger partial charge in [-0.2, -0.15) is 4.31 Å². The lowest BCUT2D eigenvalue weighted by atomic mass is 10.1. The molecule has 0 unspecified atom stereocenters. The summed E-state index contributed by atoms with van der Waals surface area (Å²) in [5.41, 5.74) is 1.11. The summed E-state index contributed by atoms with van der Waals surface area (Å²) in [6, 6.07) is 7.74. The third-order valence-electron chi connectivity index (χ3n) is 5.42. The van der Waals surface area contributed by atoms with Crippen LogP contribution in [0, 0.1) is 6.92 Å². The number of piperazine rings is 1. The van der Waals surface area contributed by atoms with Gasteiger partial charge in [0.2, 0.25) is 15.8 Å². The molecule has 1 aliphatic heterocycles. The number of phenolic OH excluding ortho intramolecular Hbond substituents is 1. The molecule has 0 atom stereocenters. The zero-order chi connectivity index (χ0) is 24.9. The van der Waals surface area contributed by atoms with Crippen molar-refractivity contribution < 1.29 is 32.5 Å². The number of phenols is 1. The van der Waals surface area contributed by atoms with Crippen LogP contribution in [0.15, 0.2) is 35.2 Å². The molecule has 1 saturated heterocycles. The van der Waals surface area contributed by atoms with E-state index in [1.165, 1.54) is 16.4 Å². The molecule has 2 aromatic rings. The van der Waals surface area contributed by atoms with Crippen molar-refractivity contribution in [2.75, 3.05) is 46.0 Å². The number of benzene rings is 2. The molecule has 2 aromatic carbocycles. The number of nitrogens with zero attached hydrogens (tertiary/aromatic N) is 2. The molecule has 0 bridgehead atoms. The maximum absolute atomic E-state index is 13.3. The van der Waals surface area contributed by atoms with Crippen molar-refractivity contribution in [1.82, 2.24) is 9.21 Å². The predicted molar refractivity (Wildman–Crippen MR) is 127 cm³/mol. The number of ether oxygens (including phenoxy) is 3. The van der Waals surface area contributed by atoms with E-state index in [-0.39, 0.29) is 42.7 Å². The minimum Gasteiger partial charge on any atom is -0.507 e. The molecule has 0 aliphatic carbocycles. The average Bonchev–Trinajstić information content (AvgIpc) is 2.82. The number of sulfonamides is 1. The van der Waals surface area contributed by atoms with Gasteiger partial charge in [0.25, 0.3) is 5.91 Å². The van der Waals surface area contributed by atoms with Gasteiger partial charge < -0.3 is 24.2 Å². The Balaban J connectivity index is 1.80. The monoisotopic (exact) mass is 492 g/mol. The first-order chi connectivity index (χ1) is 16.2. The van der Waals surface area contributed by atoms with Crippen molar-refractivity contribution in [3.05, 3.63) is 41.5 Å². The number of carbonyl (C=O) groups is 1. The van der Waals surface area contributed by atoms with Crippen molar-refractivity contribution in [3.8, 4) is 23.0 Å². The number of aryl methyl sites for hydroxylation is 1. The summed E-state index contributed by atoms with van der Waals surface area (Å²) in [5, 5.41) is 10.1. The highest BCUT2D eigenvalue weighted by Gasteiger charge is 2.32. The van der Waals surface area contributed by atoms with Crippen LogP contribution in [0.1, 0.15) is 36.7 Å². The van der Waals surface area contributed by atoms with Crippen molar-refractivity contribution in [2.24, 2.45) is 0 Å². The summed E-state index contributed by atoms with van der Waals surface area (Å²) in [7, 11) is -3.88. The van der Waals surface area contributed by atoms with E-state index in [0.29, 0.717) is 42.6 Å². The lowest BCUT2D eigenvalue weighted by Crippen LogP contribution is -2.50. The zero-order valence-electron chi connectivity index (χ0n) is 20.0. The number of rotatable bonds is 9. The van der Waals surface area contributed by atoms with E-state index < -0.39 is 10.0 Å². The van der Waals surface area contributed by atoms with E-state index in [1.807, 2.05) is 20.8 Å². The Morgan fingerprint density at radius 3 is 2.00 bits per heavy atom. The Hall–Kier alpha value is -2.98. The van der Waals surface area contributed by atoms with Crippen LogP contribution >= 0.6 is 0 Å². The zero-order valence-corrected chi connectivity index (χ0v) is 20.9. The van der Waals surface area contributed by atoms with Crippen LogP contribution in [0.3, 0.4) is 0 Å². The van der Waals surface area contributed by atoms with Crippen LogP contribution in [-0.4, -0.2) is 74.6 Å². The van der Waals surface area contributed by atoms with E-state index in [1.54, 1.807) is 30.0 Å². The normalized spacial score (nSPS) is 14.6. The molecule has 3 rings (SSSR count). The van der Waals surface area contributed by atoms with Gasteiger partial charge in [-0.25, -0.2) is 8.42 Å². The van der Waals surface area contributed by atoms with Crippen molar-refractivity contribution in [1.29, 1.82) is 0 Å². The number of aromatic hydroxyl groups is 1. The molecule has 1 N–H and O–H groups in total. The lowest BCUT2D eigenvalue weighted by Gasteiger charge is -2.34. The van der Waals surface area contributed by atoms with Gasteiger partial charge in [-0.15, -0.1) is 0 Å². The quantitative estimate of drug-likeness (QED) is 0.574. The Morgan fingerprint density at radius 1 is 0.912 bits per heavy atom. The highest BCUT2D eigenvalue weighted by Crippen LogP contribution is 2.39. The highest BCUT2D eigenvalue weighted by molar-refractivity contribution is 7.89. The van der Waals surface area contributed by atoms with Gasteiger partial charge in [0.15, 0.2) is 11.5 Å². The van der Waals surface area contributed by atoms with Gasteiger partial charge >= 0.3 is 0 Å². The molecule has 10 heteroatoms. The molecule has 186 valence electrons. The van der Waals surface area contributed by atoms with E-state index in [9.17, 15) is 18.3 Å². The fourth-order valence-electron chi connectivity index (χ4n) is 3.79. The van der Waals surface area contributed by atoms with Gasteiger partial charge in [-0.05, 0) is 57.5 Å². The molecule has 0 saturated carbocycles. The fourth-order valence-corrected chi connectivity index (χ4v) is 5.38. The number of hydrogen-bond donors (Lipinski definition) is 1. The van der Waals surface area contributed by atoms with Crippen LogP contribution in [0.5, 0.6) is 23.0 Å². The third-order valence-corrected chi connectivity index (χ3v) is 7.34. The first-order valence-electron chi connectivity index (χ1n) is 11.4. The maximum atomic E-state index is 13.3. The van der Waals surface area contributed by atoms with E-state index >= 15 is 0 Å². The molecular formula is C24H32N2O7S. The molecule has 1 amide bonds. The molecule has 0 radical (unpaired) electrons. The topological polar surface area (TPSA) is 106 Å². The average molecular weight is 493 g/mol. The molecule has 0 aromatic heterocycles. The van der Waals surface area contributed by atoms with Gasteiger partial charge in [-0.3, -0.25) is 4.79 Å². The van der Waals surface area contributed by atoms with Crippen LogP contribution in [-0.2, 0) is 10.0 Å². The summed E-state index contributed by atoms with van der Waals surface area (Å²) in [4.78, 5) is 14.7. The number of amides is 1. The third kappa shape index (κ3) is 5.39. The SMILES string of the molecule is CCOc1cc(C(=O)N2CCN(S(=O)(=O)c3cc(C)ccc3O)CC2)cc(OCC)c1OCC. The van der Waals surface area contributed by atoms with Gasteiger partial charge in [0.1, 0.15) is 10.6 Å². The largest absolute Gasteiger partial charge is 0.507 e. The summed E-state index contributed by atoms with van der Waals surface area (Å²) in [6.45, 7) is 9.18. The number of carbonyl (C=O) groups excluding carboxylic acids is 1. The minimum atomic E-state index is -3.88. The smallest absolute Gasteiger partial charge is 0.254 e. The Morgan fingerprint density at radius 2 is 1.47 bits per heavy atom. The van der Waals surface area contributed by atoms with Crippen LogP contribution in [0.25, 0.3) is 0 Å². The van der Waals surface area contributed by atoms with E-state index in [2.05, 4.69) is 0 Å². The van der Waals surface area contributed by atoms with E-state index in [4.69, 9.17) is 14.2 Å². The van der Waals surface area contributed by atoms with Gasteiger partial charge in [0.05, 0.1) is 19.8 Å². The van der Waals surface area contributed by atoms with Gasteiger partial charge in [-0.1, -0.05) is 6.07 Å². The predicted octanol–water partition coefficient (Wildman–Crippen LogP) is 3.04. The van der Waals surface area contributed by atoms with Crippen molar-refractivity contribution >= 4 is 15.9 Å². The summed E-state index contributed by atoms with van der Waals surface area (Å²) in [5.74, 6) is 0.770. The summed E-state index contributed by atoms with van der Waals surface area (Å²) >= 11 is 0.